The number of halogens is 1. The van der Waals surface area contributed by atoms with Crippen molar-refractivity contribution in [1.82, 2.24) is 9.55 Å². The van der Waals surface area contributed by atoms with Crippen molar-refractivity contribution in [1.29, 1.82) is 0 Å². The molecule has 104 valence electrons. The lowest BCUT2D eigenvalue weighted by Gasteiger charge is -2.06. The van der Waals surface area contributed by atoms with Crippen LogP contribution in [0.5, 0.6) is 0 Å². The Balaban J connectivity index is 2.38. The fourth-order valence-electron chi connectivity index (χ4n) is 1.67. The minimum atomic E-state index is -0.670. The molecule has 20 heavy (non-hydrogen) atoms. The number of rotatable bonds is 3. The van der Waals surface area contributed by atoms with E-state index in [0.29, 0.717) is 5.56 Å². The van der Waals surface area contributed by atoms with Gasteiger partial charge in [0.15, 0.2) is 0 Å². The summed E-state index contributed by atoms with van der Waals surface area (Å²) in [5, 5.41) is 10.5. The number of aromatic amines is 1. The molecule has 1 heterocycles. The van der Waals surface area contributed by atoms with E-state index >= 15 is 0 Å². The van der Waals surface area contributed by atoms with Gasteiger partial charge in [-0.3, -0.25) is 24.5 Å². The molecule has 0 fully saturated rings. The van der Waals surface area contributed by atoms with E-state index in [-0.39, 0.29) is 22.9 Å². The Hall–Kier alpha value is -2.61. The van der Waals surface area contributed by atoms with E-state index in [1.807, 2.05) is 0 Å². The molecule has 8 nitrogen and oxygen atoms in total. The molecular weight excluding hydrogens is 288 g/mol. The molecule has 0 spiro atoms. The summed E-state index contributed by atoms with van der Waals surface area (Å²) >= 11 is 5.63. The predicted octanol–water partition coefficient (Wildman–Crippen LogP) is 0.729. The first-order valence-corrected chi connectivity index (χ1v) is 5.78. The largest absolute Gasteiger partial charge is 0.393 e. The standard InChI is InChI=1S/C11H9ClN4O4/c12-7-5-15(11(18)14-10(7)17)4-6-1-2-9(16(19)20)8(13)3-6/h1-3,5H,4,13H2,(H,14,17,18). The van der Waals surface area contributed by atoms with Gasteiger partial charge in [0.1, 0.15) is 10.7 Å². The maximum Gasteiger partial charge on any atom is 0.328 e. The molecule has 9 heteroatoms. The fourth-order valence-corrected chi connectivity index (χ4v) is 1.83. The molecule has 1 aromatic carbocycles. The van der Waals surface area contributed by atoms with Gasteiger partial charge in [0.2, 0.25) is 0 Å². The van der Waals surface area contributed by atoms with Crippen molar-refractivity contribution >= 4 is 23.0 Å². The average molecular weight is 297 g/mol. The van der Waals surface area contributed by atoms with Crippen LogP contribution < -0.4 is 17.0 Å². The van der Waals surface area contributed by atoms with Crippen LogP contribution in [0, 0.1) is 10.1 Å². The molecule has 0 radical (unpaired) electrons. The molecule has 0 bridgehead atoms. The van der Waals surface area contributed by atoms with Crippen LogP contribution in [-0.2, 0) is 6.54 Å². The molecule has 0 unspecified atom stereocenters. The Kier molecular flexibility index (Phi) is 3.57. The number of hydrogen-bond acceptors (Lipinski definition) is 5. The van der Waals surface area contributed by atoms with Crippen LogP contribution in [0.3, 0.4) is 0 Å². The van der Waals surface area contributed by atoms with E-state index in [2.05, 4.69) is 4.98 Å². The summed E-state index contributed by atoms with van der Waals surface area (Å²) in [6, 6.07) is 4.12. The quantitative estimate of drug-likeness (QED) is 0.491. The molecule has 1 aromatic heterocycles. The van der Waals surface area contributed by atoms with E-state index in [1.54, 1.807) is 0 Å². The summed E-state index contributed by atoms with van der Waals surface area (Å²) < 4.78 is 1.17. The van der Waals surface area contributed by atoms with Gasteiger partial charge in [0.05, 0.1) is 11.5 Å². The second-order valence-electron chi connectivity index (χ2n) is 4.01. The van der Waals surface area contributed by atoms with Gasteiger partial charge in [-0.05, 0) is 11.6 Å². The number of hydrogen-bond donors (Lipinski definition) is 2. The Morgan fingerprint density at radius 2 is 2.10 bits per heavy atom. The van der Waals surface area contributed by atoms with Crippen molar-refractivity contribution < 1.29 is 4.92 Å². The van der Waals surface area contributed by atoms with Gasteiger partial charge in [-0.15, -0.1) is 0 Å². The summed E-state index contributed by atoms with van der Waals surface area (Å²) in [6.45, 7) is 0.0809. The molecule has 0 aliphatic carbocycles. The van der Waals surface area contributed by atoms with Gasteiger partial charge in [0.25, 0.3) is 11.2 Å². The van der Waals surface area contributed by atoms with Crippen LogP contribution in [0.2, 0.25) is 5.02 Å². The second kappa shape index (κ2) is 5.17. The van der Waals surface area contributed by atoms with Crippen molar-refractivity contribution in [3.8, 4) is 0 Å². The first-order chi connectivity index (χ1) is 9.38. The number of nitrogens with one attached hydrogen (secondary N) is 1. The second-order valence-corrected chi connectivity index (χ2v) is 4.42. The van der Waals surface area contributed by atoms with Crippen LogP contribution in [0.25, 0.3) is 0 Å². The first kappa shape index (κ1) is 13.8. The third-order valence-electron chi connectivity index (χ3n) is 2.61. The van der Waals surface area contributed by atoms with Crippen LogP contribution in [0.15, 0.2) is 34.0 Å². The number of anilines is 1. The van der Waals surface area contributed by atoms with Crippen LogP contribution in [0.1, 0.15) is 5.56 Å². The van der Waals surface area contributed by atoms with Crippen LogP contribution in [-0.4, -0.2) is 14.5 Å². The van der Waals surface area contributed by atoms with Crippen molar-refractivity contribution in [2.45, 2.75) is 6.54 Å². The van der Waals surface area contributed by atoms with Crippen molar-refractivity contribution in [3.63, 3.8) is 0 Å². The molecule has 2 rings (SSSR count). The number of nitrogens with zero attached hydrogens (tertiary/aromatic N) is 2. The van der Waals surface area contributed by atoms with Gasteiger partial charge in [-0.1, -0.05) is 17.7 Å². The highest BCUT2D eigenvalue weighted by Gasteiger charge is 2.11. The Bertz CT molecular complexity index is 796. The normalized spacial score (nSPS) is 10.4. The Labute approximate surface area is 116 Å². The average Bonchev–Trinajstić information content (AvgIpc) is 2.35. The predicted molar refractivity (Wildman–Crippen MR) is 72.9 cm³/mol. The van der Waals surface area contributed by atoms with Gasteiger partial charge in [-0.25, -0.2) is 4.79 Å². The lowest BCUT2D eigenvalue weighted by Crippen LogP contribution is -2.29. The van der Waals surface area contributed by atoms with E-state index < -0.39 is 16.2 Å². The van der Waals surface area contributed by atoms with Crippen molar-refractivity contribution in [2.24, 2.45) is 0 Å². The minimum Gasteiger partial charge on any atom is -0.393 e. The summed E-state index contributed by atoms with van der Waals surface area (Å²) in [6.07, 6.45) is 1.19. The molecule has 0 aliphatic rings. The molecule has 3 N–H and O–H groups in total. The number of nitrogens with two attached hydrogens (primary N) is 1. The molecular formula is C11H9ClN4O4. The summed E-state index contributed by atoms with van der Waals surface area (Å²) in [5.74, 6) is 0. The van der Waals surface area contributed by atoms with Gasteiger partial charge in [0, 0.05) is 12.3 Å². The zero-order chi connectivity index (χ0) is 14.9. The lowest BCUT2D eigenvalue weighted by molar-refractivity contribution is -0.383. The summed E-state index contributed by atoms with van der Waals surface area (Å²) in [4.78, 5) is 34.8. The molecule has 0 aliphatic heterocycles. The monoisotopic (exact) mass is 296 g/mol. The number of nitro groups is 1. The molecule has 0 amide bonds. The Morgan fingerprint density at radius 3 is 2.70 bits per heavy atom. The van der Waals surface area contributed by atoms with E-state index in [9.17, 15) is 19.7 Å². The summed E-state index contributed by atoms with van der Waals surface area (Å²) in [5.41, 5.74) is 4.61. The third-order valence-corrected chi connectivity index (χ3v) is 2.88. The summed E-state index contributed by atoms with van der Waals surface area (Å²) in [7, 11) is 0. The van der Waals surface area contributed by atoms with Crippen LogP contribution in [0.4, 0.5) is 11.4 Å². The first-order valence-electron chi connectivity index (χ1n) is 5.40. The molecule has 2 aromatic rings. The zero-order valence-electron chi connectivity index (χ0n) is 10.00. The van der Waals surface area contributed by atoms with E-state index in [1.165, 1.54) is 29.0 Å². The lowest BCUT2D eigenvalue weighted by atomic mass is 10.1. The number of nitrogen functional groups attached to an aromatic ring is 1. The van der Waals surface area contributed by atoms with Gasteiger partial charge in [-0.2, -0.15) is 0 Å². The number of H-pyrrole nitrogens is 1. The number of aromatic nitrogens is 2. The van der Waals surface area contributed by atoms with E-state index in [4.69, 9.17) is 17.3 Å². The fraction of sp³-hybridized carbons (Fsp3) is 0.0909. The molecule has 0 saturated heterocycles. The third kappa shape index (κ3) is 2.69. The maximum absolute atomic E-state index is 11.6. The van der Waals surface area contributed by atoms with E-state index in [0.717, 1.165) is 0 Å². The minimum absolute atomic E-state index is 0.00364. The highest BCUT2D eigenvalue weighted by molar-refractivity contribution is 6.30. The number of nitro benzene ring substituents is 1. The smallest absolute Gasteiger partial charge is 0.328 e. The van der Waals surface area contributed by atoms with Gasteiger partial charge < -0.3 is 5.73 Å². The molecule has 0 saturated carbocycles. The van der Waals surface area contributed by atoms with Crippen molar-refractivity contribution in [2.75, 3.05) is 5.73 Å². The molecule has 0 atom stereocenters. The highest BCUT2D eigenvalue weighted by Crippen LogP contribution is 2.22. The zero-order valence-corrected chi connectivity index (χ0v) is 10.8. The topological polar surface area (TPSA) is 124 Å². The van der Waals surface area contributed by atoms with Gasteiger partial charge >= 0.3 is 5.69 Å². The maximum atomic E-state index is 11.6. The number of benzene rings is 1. The highest BCUT2D eigenvalue weighted by atomic mass is 35.5. The van der Waals surface area contributed by atoms with Crippen molar-refractivity contribution in [3.05, 3.63) is 65.9 Å². The SMILES string of the molecule is Nc1cc(Cn2cc(Cl)c(=O)[nH]c2=O)ccc1[N+](=O)[O-]. The Morgan fingerprint density at radius 1 is 1.40 bits per heavy atom. The van der Waals surface area contributed by atoms with Crippen LogP contribution >= 0.6 is 11.6 Å².